The normalized spacial score (nSPS) is 26.2. The molecule has 0 spiro atoms. The fourth-order valence-electron chi connectivity index (χ4n) is 3.56. The molecule has 3 rings (SSSR count). The molecule has 1 aromatic carbocycles. The summed E-state index contributed by atoms with van der Waals surface area (Å²) < 4.78 is 28.8. The summed E-state index contributed by atoms with van der Waals surface area (Å²) in [6.07, 6.45) is 4.85. The highest BCUT2D eigenvalue weighted by atomic mass is 32.2. The summed E-state index contributed by atoms with van der Waals surface area (Å²) in [5.74, 6) is 0.252. The molecule has 23 heavy (non-hydrogen) atoms. The average Bonchev–Trinajstić information content (AvgIpc) is 3.08. The molecule has 2 aliphatic rings. The second-order valence-corrected chi connectivity index (χ2v) is 8.38. The Balaban J connectivity index is 1.87. The number of nitrogens with zero attached hydrogens (tertiary/aromatic N) is 1. The van der Waals surface area contributed by atoms with Crippen LogP contribution in [0.15, 0.2) is 23.1 Å². The molecule has 0 unspecified atom stereocenters. The molecule has 8 heteroatoms. The van der Waals surface area contributed by atoms with Crippen molar-refractivity contribution in [3.8, 4) is 0 Å². The third kappa shape index (κ3) is 3.21. The molecule has 0 saturated heterocycles. The van der Waals surface area contributed by atoms with Crippen LogP contribution < -0.4 is 0 Å². The largest absolute Gasteiger partial charge is 0.458 e. The maximum Gasteiger partial charge on any atom is 0.338 e. The zero-order valence-corrected chi connectivity index (χ0v) is 13.4. The first-order chi connectivity index (χ1) is 10.7. The molecule has 3 atom stereocenters. The van der Waals surface area contributed by atoms with Crippen LogP contribution in [0.5, 0.6) is 0 Å². The Kier molecular flexibility index (Phi) is 3.87. The third-order valence-corrected chi connectivity index (χ3v) is 5.79. The molecule has 0 N–H and O–H groups in total. The number of fused-ring (bicyclic) bond motifs is 2. The van der Waals surface area contributed by atoms with E-state index >= 15 is 0 Å². The van der Waals surface area contributed by atoms with Crippen LogP contribution in [0, 0.1) is 22.0 Å². The minimum Gasteiger partial charge on any atom is -0.458 e. The molecule has 0 aliphatic heterocycles. The molecule has 124 valence electrons. The Morgan fingerprint density at radius 3 is 2.52 bits per heavy atom. The highest BCUT2D eigenvalue weighted by molar-refractivity contribution is 7.90. The number of carbonyl (C=O) groups is 1. The van der Waals surface area contributed by atoms with Gasteiger partial charge in [0.1, 0.15) is 6.10 Å². The number of carbonyl (C=O) groups excluding carboxylic acids is 1. The lowest BCUT2D eigenvalue weighted by atomic mass is 9.98. The molecular weight excluding hydrogens is 322 g/mol. The topological polar surface area (TPSA) is 104 Å². The molecule has 2 saturated carbocycles. The van der Waals surface area contributed by atoms with Gasteiger partial charge in [-0.15, -0.1) is 0 Å². The maximum atomic E-state index is 12.3. The fraction of sp³-hybridized carbons (Fsp3) is 0.533. The number of nitro benzene ring substituents is 1. The van der Waals surface area contributed by atoms with Gasteiger partial charge in [-0.2, -0.15) is 0 Å². The van der Waals surface area contributed by atoms with Gasteiger partial charge < -0.3 is 4.74 Å². The summed E-state index contributed by atoms with van der Waals surface area (Å²) in [6.45, 7) is 0. The number of hydrogen-bond acceptors (Lipinski definition) is 6. The Morgan fingerprint density at radius 1 is 1.26 bits per heavy atom. The molecule has 7 nitrogen and oxygen atoms in total. The first kappa shape index (κ1) is 15.9. The SMILES string of the molecule is CS(=O)(=O)c1cc(C(=O)O[C@@H]2C[C@H]3CC[C@H]2C3)cc([N+](=O)[O-])c1. The van der Waals surface area contributed by atoms with E-state index in [1.165, 1.54) is 0 Å². The summed E-state index contributed by atoms with van der Waals surface area (Å²) in [5, 5.41) is 11.0. The third-order valence-electron chi connectivity index (χ3n) is 4.70. The van der Waals surface area contributed by atoms with Gasteiger partial charge >= 0.3 is 5.97 Å². The Morgan fingerprint density at radius 2 is 2.00 bits per heavy atom. The molecule has 0 radical (unpaired) electrons. The van der Waals surface area contributed by atoms with Crippen LogP contribution in [0.2, 0.25) is 0 Å². The monoisotopic (exact) mass is 339 g/mol. The van der Waals surface area contributed by atoms with E-state index in [0.717, 1.165) is 50.1 Å². The Hall–Kier alpha value is -1.96. The maximum absolute atomic E-state index is 12.3. The zero-order chi connectivity index (χ0) is 16.8. The van der Waals surface area contributed by atoms with Crippen molar-refractivity contribution >= 4 is 21.5 Å². The molecule has 2 bridgehead atoms. The van der Waals surface area contributed by atoms with E-state index in [2.05, 4.69) is 0 Å². The van der Waals surface area contributed by atoms with Crippen LogP contribution >= 0.6 is 0 Å². The molecule has 2 aliphatic carbocycles. The van der Waals surface area contributed by atoms with Gasteiger partial charge in [0, 0.05) is 18.4 Å². The van der Waals surface area contributed by atoms with Gasteiger partial charge in [0.15, 0.2) is 9.84 Å². The molecule has 0 amide bonds. The van der Waals surface area contributed by atoms with Crippen molar-refractivity contribution in [1.29, 1.82) is 0 Å². The standard InChI is InChI=1S/C15H17NO6S/c1-23(20,21)13-7-11(6-12(8-13)16(18)19)15(17)22-14-5-9-2-3-10(14)4-9/h6-10,14H,2-5H2,1H3/t9-,10-,14+/m0/s1. The van der Waals surface area contributed by atoms with Crippen molar-refractivity contribution < 1.29 is 22.9 Å². The minimum absolute atomic E-state index is 0.0950. The lowest BCUT2D eigenvalue weighted by Crippen LogP contribution is -2.24. The number of non-ortho nitro benzene ring substituents is 1. The summed E-state index contributed by atoms with van der Waals surface area (Å²) in [5.41, 5.74) is -0.532. The quantitative estimate of drug-likeness (QED) is 0.474. The van der Waals surface area contributed by atoms with E-state index < -0.39 is 26.4 Å². The van der Waals surface area contributed by atoms with Gasteiger partial charge in [0.05, 0.1) is 15.4 Å². The van der Waals surface area contributed by atoms with Crippen LogP contribution in [-0.2, 0) is 14.6 Å². The van der Waals surface area contributed by atoms with Gasteiger partial charge in [-0.25, -0.2) is 13.2 Å². The number of sulfone groups is 1. The van der Waals surface area contributed by atoms with E-state index in [0.29, 0.717) is 11.8 Å². The van der Waals surface area contributed by atoms with Gasteiger partial charge in [-0.3, -0.25) is 10.1 Å². The number of rotatable bonds is 4. The molecular formula is C15H17NO6S. The number of benzene rings is 1. The highest BCUT2D eigenvalue weighted by Crippen LogP contribution is 2.46. The lowest BCUT2D eigenvalue weighted by molar-refractivity contribution is -0.385. The van der Waals surface area contributed by atoms with Crippen molar-refractivity contribution in [2.24, 2.45) is 11.8 Å². The summed E-state index contributed by atoms with van der Waals surface area (Å²) in [4.78, 5) is 22.3. The van der Waals surface area contributed by atoms with Crippen LogP contribution in [0.3, 0.4) is 0 Å². The van der Waals surface area contributed by atoms with Crippen molar-refractivity contribution in [2.75, 3.05) is 6.26 Å². The number of ether oxygens (including phenoxy) is 1. The van der Waals surface area contributed by atoms with Gasteiger partial charge in [0.25, 0.3) is 5.69 Å². The minimum atomic E-state index is -3.66. The van der Waals surface area contributed by atoms with Crippen molar-refractivity contribution in [2.45, 2.75) is 36.7 Å². The van der Waals surface area contributed by atoms with E-state index in [4.69, 9.17) is 4.74 Å². The Labute approximate surface area is 133 Å². The van der Waals surface area contributed by atoms with E-state index in [1.807, 2.05) is 0 Å². The number of esters is 1. The van der Waals surface area contributed by atoms with Gasteiger partial charge in [0.2, 0.25) is 0 Å². The summed E-state index contributed by atoms with van der Waals surface area (Å²) in [7, 11) is -3.66. The van der Waals surface area contributed by atoms with Crippen molar-refractivity contribution in [3.63, 3.8) is 0 Å². The van der Waals surface area contributed by atoms with Gasteiger partial charge in [-0.1, -0.05) is 0 Å². The predicted molar refractivity (Wildman–Crippen MR) is 80.9 cm³/mol. The average molecular weight is 339 g/mol. The first-order valence-corrected chi connectivity index (χ1v) is 9.33. The Bertz CT molecular complexity index is 772. The van der Waals surface area contributed by atoms with Crippen LogP contribution in [-0.4, -0.2) is 31.7 Å². The predicted octanol–water partition coefficient (Wildman–Crippen LogP) is 2.34. The van der Waals surface area contributed by atoms with Crippen LogP contribution in [0.4, 0.5) is 5.69 Å². The highest BCUT2D eigenvalue weighted by Gasteiger charge is 2.41. The van der Waals surface area contributed by atoms with E-state index in [-0.39, 0.29) is 16.6 Å². The summed E-state index contributed by atoms with van der Waals surface area (Å²) in [6, 6.07) is 3.14. The van der Waals surface area contributed by atoms with Gasteiger partial charge in [-0.05, 0) is 43.6 Å². The number of nitro groups is 1. The van der Waals surface area contributed by atoms with Crippen LogP contribution in [0.1, 0.15) is 36.0 Å². The van der Waals surface area contributed by atoms with Crippen LogP contribution in [0.25, 0.3) is 0 Å². The molecule has 0 heterocycles. The molecule has 2 fully saturated rings. The summed E-state index contributed by atoms with van der Waals surface area (Å²) >= 11 is 0. The van der Waals surface area contributed by atoms with E-state index in [1.54, 1.807) is 0 Å². The molecule has 0 aromatic heterocycles. The lowest BCUT2D eigenvalue weighted by Gasteiger charge is -2.21. The second-order valence-electron chi connectivity index (χ2n) is 6.36. The van der Waals surface area contributed by atoms with E-state index in [9.17, 15) is 23.3 Å². The molecule has 1 aromatic rings. The van der Waals surface area contributed by atoms with Crippen molar-refractivity contribution in [3.05, 3.63) is 33.9 Å². The van der Waals surface area contributed by atoms with Crippen molar-refractivity contribution in [1.82, 2.24) is 0 Å². The fourth-order valence-corrected chi connectivity index (χ4v) is 4.23. The smallest absolute Gasteiger partial charge is 0.338 e. The zero-order valence-electron chi connectivity index (χ0n) is 12.6. The first-order valence-electron chi connectivity index (χ1n) is 7.44. The number of hydrogen-bond donors (Lipinski definition) is 0. The second kappa shape index (κ2) is 5.59.